The monoisotopic (exact) mass is 362 g/mol. The first kappa shape index (κ1) is 19.4. The first-order valence-electron chi connectivity index (χ1n) is 8.60. The van der Waals surface area contributed by atoms with Gasteiger partial charge in [0.05, 0.1) is 4.90 Å². The number of benzene rings is 1. The molecule has 0 saturated carbocycles. The van der Waals surface area contributed by atoms with Crippen molar-refractivity contribution >= 4 is 21.6 Å². The lowest BCUT2D eigenvalue weighted by molar-refractivity contribution is -0.111. The summed E-state index contributed by atoms with van der Waals surface area (Å²) in [5, 5.41) is 2.71. The molecule has 0 aliphatic carbocycles. The molecule has 1 aliphatic rings. The van der Waals surface area contributed by atoms with Gasteiger partial charge in [-0.3, -0.25) is 4.79 Å². The molecule has 1 N–H and O–H groups in total. The molecule has 1 aromatic rings. The fourth-order valence-corrected chi connectivity index (χ4v) is 5.02. The van der Waals surface area contributed by atoms with E-state index in [1.807, 2.05) is 26.8 Å². The summed E-state index contributed by atoms with van der Waals surface area (Å²) in [4.78, 5) is 12.0. The number of sulfonamides is 1. The molecule has 2 unspecified atom stereocenters. The minimum Gasteiger partial charge on any atom is -0.323 e. The van der Waals surface area contributed by atoms with Gasteiger partial charge in [-0.25, -0.2) is 8.42 Å². The van der Waals surface area contributed by atoms with E-state index >= 15 is 0 Å². The van der Waals surface area contributed by atoms with E-state index in [1.165, 1.54) is 6.08 Å². The predicted octanol–water partition coefficient (Wildman–Crippen LogP) is 3.71. The average Bonchev–Trinajstić information content (AvgIpc) is 2.55. The van der Waals surface area contributed by atoms with Crippen LogP contribution in [0.3, 0.4) is 0 Å². The molecule has 25 heavy (non-hydrogen) atoms. The largest absolute Gasteiger partial charge is 0.323 e. The Balaban J connectivity index is 2.14. The van der Waals surface area contributed by atoms with Crippen molar-refractivity contribution in [1.29, 1.82) is 0 Å². The Morgan fingerprint density at radius 1 is 1.12 bits per heavy atom. The SMILES string of the molecule is C/C=C/C=C/C(=O)Nc1ccc(S(=O)(=O)N2C(C)CCCC2C)cc1. The highest BCUT2D eigenvalue weighted by Crippen LogP contribution is 2.29. The Morgan fingerprint density at radius 2 is 1.72 bits per heavy atom. The third-order valence-corrected chi connectivity index (χ3v) is 6.50. The van der Waals surface area contributed by atoms with E-state index in [0.717, 1.165) is 19.3 Å². The van der Waals surface area contributed by atoms with Crippen LogP contribution in [0, 0.1) is 0 Å². The zero-order valence-electron chi connectivity index (χ0n) is 15.0. The van der Waals surface area contributed by atoms with Gasteiger partial charge in [0.1, 0.15) is 0 Å². The fraction of sp³-hybridized carbons (Fsp3) is 0.421. The summed E-state index contributed by atoms with van der Waals surface area (Å²) in [5.41, 5.74) is 0.564. The molecule has 5 nitrogen and oxygen atoms in total. The van der Waals surface area contributed by atoms with Gasteiger partial charge in [-0.15, -0.1) is 0 Å². The summed E-state index contributed by atoms with van der Waals surface area (Å²) >= 11 is 0. The van der Waals surface area contributed by atoms with Crippen LogP contribution in [0.5, 0.6) is 0 Å². The lowest BCUT2D eigenvalue weighted by atomic mass is 10.0. The molecule has 136 valence electrons. The highest BCUT2D eigenvalue weighted by atomic mass is 32.2. The summed E-state index contributed by atoms with van der Waals surface area (Å²) in [7, 11) is -3.53. The Bertz CT molecular complexity index is 741. The molecule has 1 heterocycles. The van der Waals surface area contributed by atoms with E-state index in [1.54, 1.807) is 40.7 Å². The van der Waals surface area contributed by atoms with Crippen LogP contribution in [-0.4, -0.2) is 30.7 Å². The van der Waals surface area contributed by atoms with Gasteiger partial charge >= 0.3 is 0 Å². The standard InChI is InChI=1S/C19H26N2O3S/c1-4-5-6-10-19(22)20-17-11-13-18(14-12-17)25(23,24)21-15(2)8-7-9-16(21)3/h4-6,10-16H,7-9H2,1-3H3,(H,20,22)/b5-4+,10-6+. The van der Waals surface area contributed by atoms with Crippen LogP contribution < -0.4 is 5.32 Å². The molecule has 1 fully saturated rings. The molecule has 0 aromatic heterocycles. The first-order chi connectivity index (χ1) is 11.9. The molecule has 1 aromatic carbocycles. The Labute approximate surface area is 150 Å². The van der Waals surface area contributed by atoms with Crippen LogP contribution in [0.25, 0.3) is 0 Å². The quantitative estimate of drug-likeness (QED) is 0.641. The van der Waals surface area contributed by atoms with E-state index < -0.39 is 10.0 Å². The van der Waals surface area contributed by atoms with E-state index in [4.69, 9.17) is 0 Å². The third kappa shape index (κ3) is 4.80. The van der Waals surface area contributed by atoms with Crippen LogP contribution in [-0.2, 0) is 14.8 Å². The summed E-state index contributed by atoms with van der Waals surface area (Å²) in [5.74, 6) is -0.257. The number of hydrogen-bond donors (Lipinski definition) is 1. The highest BCUT2D eigenvalue weighted by molar-refractivity contribution is 7.89. The maximum atomic E-state index is 12.9. The summed E-state index contributed by atoms with van der Waals surface area (Å²) in [6.07, 6.45) is 9.48. The number of carbonyl (C=O) groups is 1. The molecule has 2 atom stereocenters. The lowest BCUT2D eigenvalue weighted by Crippen LogP contribution is -2.47. The smallest absolute Gasteiger partial charge is 0.248 e. The number of carbonyl (C=O) groups excluding carboxylic acids is 1. The van der Waals surface area contributed by atoms with Crippen LogP contribution in [0.15, 0.2) is 53.5 Å². The van der Waals surface area contributed by atoms with Crippen molar-refractivity contribution in [3.63, 3.8) is 0 Å². The van der Waals surface area contributed by atoms with Crippen molar-refractivity contribution < 1.29 is 13.2 Å². The van der Waals surface area contributed by atoms with Crippen molar-refractivity contribution in [1.82, 2.24) is 4.31 Å². The molecule has 2 rings (SSSR count). The number of hydrogen-bond acceptors (Lipinski definition) is 3. The molecule has 1 aliphatic heterocycles. The van der Waals surface area contributed by atoms with Crippen LogP contribution in [0.2, 0.25) is 0 Å². The van der Waals surface area contributed by atoms with Crippen molar-refractivity contribution in [3.8, 4) is 0 Å². The number of piperidine rings is 1. The van der Waals surface area contributed by atoms with Gasteiger partial charge in [-0.1, -0.05) is 24.6 Å². The molecular weight excluding hydrogens is 336 g/mol. The maximum Gasteiger partial charge on any atom is 0.248 e. The van der Waals surface area contributed by atoms with Gasteiger partial charge in [0.2, 0.25) is 15.9 Å². The van der Waals surface area contributed by atoms with E-state index in [0.29, 0.717) is 5.69 Å². The summed E-state index contributed by atoms with van der Waals surface area (Å²) in [6.45, 7) is 5.78. The van der Waals surface area contributed by atoms with Gasteiger partial charge in [-0.2, -0.15) is 4.31 Å². The Hall–Kier alpha value is -1.92. The molecular formula is C19H26N2O3S. The van der Waals surface area contributed by atoms with Gasteiger partial charge in [0, 0.05) is 23.8 Å². The number of allylic oxidation sites excluding steroid dienone is 3. The minimum absolute atomic E-state index is 0.00452. The normalized spacial score (nSPS) is 22.5. The number of rotatable bonds is 5. The van der Waals surface area contributed by atoms with Crippen LogP contribution in [0.1, 0.15) is 40.0 Å². The average molecular weight is 362 g/mol. The minimum atomic E-state index is -3.53. The predicted molar refractivity (Wildman–Crippen MR) is 101 cm³/mol. The van der Waals surface area contributed by atoms with E-state index in [-0.39, 0.29) is 22.9 Å². The number of nitrogens with zero attached hydrogens (tertiary/aromatic N) is 1. The second-order valence-corrected chi connectivity index (χ2v) is 8.21. The molecule has 0 radical (unpaired) electrons. The van der Waals surface area contributed by atoms with Crippen LogP contribution in [0.4, 0.5) is 5.69 Å². The van der Waals surface area contributed by atoms with Crippen molar-refractivity contribution in [3.05, 3.63) is 48.6 Å². The van der Waals surface area contributed by atoms with Gasteiger partial charge < -0.3 is 5.32 Å². The maximum absolute atomic E-state index is 12.9. The van der Waals surface area contributed by atoms with Crippen LogP contribution >= 0.6 is 0 Å². The van der Waals surface area contributed by atoms with Crippen molar-refractivity contribution in [2.24, 2.45) is 0 Å². The molecule has 1 saturated heterocycles. The highest BCUT2D eigenvalue weighted by Gasteiger charge is 2.35. The number of nitrogens with one attached hydrogen (secondary N) is 1. The molecule has 0 bridgehead atoms. The fourth-order valence-electron chi connectivity index (χ4n) is 3.14. The van der Waals surface area contributed by atoms with E-state index in [2.05, 4.69) is 5.32 Å². The molecule has 6 heteroatoms. The summed E-state index contributed by atoms with van der Waals surface area (Å²) in [6, 6.07) is 6.35. The molecule has 1 amide bonds. The Kier molecular flexibility index (Phi) is 6.56. The first-order valence-corrected chi connectivity index (χ1v) is 10.0. The van der Waals surface area contributed by atoms with Gasteiger partial charge in [0.25, 0.3) is 0 Å². The van der Waals surface area contributed by atoms with Gasteiger partial charge in [0.15, 0.2) is 0 Å². The topological polar surface area (TPSA) is 66.5 Å². The zero-order valence-corrected chi connectivity index (χ0v) is 15.8. The Morgan fingerprint density at radius 3 is 2.28 bits per heavy atom. The van der Waals surface area contributed by atoms with Gasteiger partial charge in [-0.05, 0) is 57.9 Å². The second-order valence-electron chi connectivity index (χ2n) is 6.36. The van der Waals surface area contributed by atoms with Crippen molar-refractivity contribution in [2.75, 3.05) is 5.32 Å². The lowest BCUT2D eigenvalue weighted by Gasteiger charge is -2.37. The van der Waals surface area contributed by atoms with Crippen molar-refractivity contribution in [2.45, 2.75) is 57.0 Å². The number of amides is 1. The second kappa shape index (κ2) is 8.45. The summed E-state index contributed by atoms with van der Waals surface area (Å²) < 4.78 is 27.5. The van der Waals surface area contributed by atoms with E-state index in [9.17, 15) is 13.2 Å². The molecule has 0 spiro atoms. The third-order valence-electron chi connectivity index (χ3n) is 4.36. The zero-order chi connectivity index (χ0) is 18.4. The number of anilines is 1.